The third kappa shape index (κ3) is 4.07. The number of hydrogen-bond donors (Lipinski definition) is 1. The van der Waals surface area contributed by atoms with Crippen molar-refractivity contribution in [3.05, 3.63) is 17.0 Å². The molecule has 0 spiro atoms. The van der Waals surface area contributed by atoms with Gasteiger partial charge in [-0.3, -0.25) is 0 Å². The highest BCUT2D eigenvalue weighted by molar-refractivity contribution is 6.29. The molecule has 1 saturated carbocycles. The van der Waals surface area contributed by atoms with Gasteiger partial charge in [0.1, 0.15) is 16.8 Å². The van der Waals surface area contributed by atoms with Crippen molar-refractivity contribution in [2.24, 2.45) is 5.92 Å². The molecule has 0 bridgehead atoms. The Labute approximate surface area is 121 Å². The lowest BCUT2D eigenvalue weighted by Gasteiger charge is -2.28. The Morgan fingerprint density at radius 2 is 1.95 bits per heavy atom. The lowest BCUT2D eigenvalue weighted by atomic mass is 9.84. The normalized spacial score (nSPS) is 23.6. The summed E-state index contributed by atoms with van der Waals surface area (Å²) in [4.78, 5) is 8.83. The summed E-state index contributed by atoms with van der Waals surface area (Å²) in [7, 11) is 0. The van der Waals surface area contributed by atoms with E-state index < -0.39 is 0 Å². The fourth-order valence-electron chi connectivity index (χ4n) is 2.69. The van der Waals surface area contributed by atoms with Crippen LogP contribution in [0.15, 0.2) is 6.07 Å². The second-order valence-corrected chi connectivity index (χ2v) is 6.25. The highest BCUT2D eigenvalue weighted by Gasteiger charge is 2.20. The molecule has 0 saturated heterocycles. The predicted molar refractivity (Wildman–Crippen MR) is 80.8 cm³/mol. The van der Waals surface area contributed by atoms with Gasteiger partial charge in [-0.1, -0.05) is 38.8 Å². The van der Waals surface area contributed by atoms with Gasteiger partial charge in [-0.05, 0) is 31.6 Å². The van der Waals surface area contributed by atoms with Crippen LogP contribution in [0.2, 0.25) is 5.15 Å². The minimum atomic E-state index is 0.301. The van der Waals surface area contributed by atoms with Crippen molar-refractivity contribution in [3.8, 4) is 0 Å². The van der Waals surface area contributed by atoms with Gasteiger partial charge >= 0.3 is 0 Å². The van der Waals surface area contributed by atoms with E-state index in [0.29, 0.717) is 17.1 Å². The summed E-state index contributed by atoms with van der Waals surface area (Å²) < 4.78 is 0. The number of aromatic nitrogens is 2. The van der Waals surface area contributed by atoms with Crippen LogP contribution in [0.5, 0.6) is 0 Å². The van der Waals surface area contributed by atoms with Crippen LogP contribution >= 0.6 is 11.6 Å². The van der Waals surface area contributed by atoms with Crippen LogP contribution < -0.4 is 5.32 Å². The van der Waals surface area contributed by atoms with Gasteiger partial charge in [0.15, 0.2) is 0 Å². The van der Waals surface area contributed by atoms with E-state index in [1.807, 2.05) is 6.07 Å². The maximum Gasteiger partial charge on any atom is 0.135 e. The average Bonchev–Trinajstić information content (AvgIpc) is 2.39. The summed E-state index contributed by atoms with van der Waals surface area (Å²) in [6, 6.07) is 2.37. The zero-order valence-electron chi connectivity index (χ0n) is 12.1. The first kappa shape index (κ1) is 14.6. The summed E-state index contributed by atoms with van der Waals surface area (Å²) >= 11 is 6.07. The quantitative estimate of drug-likeness (QED) is 0.818. The van der Waals surface area contributed by atoms with Crippen molar-refractivity contribution in [1.29, 1.82) is 0 Å². The van der Waals surface area contributed by atoms with Crippen molar-refractivity contribution in [3.63, 3.8) is 0 Å². The van der Waals surface area contributed by atoms with E-state index in [2.05, 4.69) is 36.1 Å². The van der Waals surface area contributed by atoms with Gasteiger partial charge in [0.25, 0.3) is 0 Å². The standard InChI is InChI=1S/C15H24ClN3/c1-4-11-5-7-12(8-6-11)17-14-9-13(16)18-15(19-14)10(2)3/h9-12H,4-8H2,1-3H3,(H,17,18,19). The highest BCUT2D eigenvalue weighted by Crippen LogP contribution is 2.28. The molecule has 0 unspecified atom stereocenters. The van der Waals surface area contributed by atoms with Crippen molar-refractivity contribution in [2.75, 3.05) is 5.32 Å². The molecule has 0 amide bonds. The maximum absolute atomic E-state index is 6.07. The van der Waals surface area contributed by atoms with Crippen LogP contribution in [0, 0.1) is 5.92 Å². The fourth-order valence-corrected chi connectivity index (χ4v) is 2.88. The van der Waals surface area contributed by atoms with E-state index in [4.69, 9.17) is 11.6 Å². The second-order valence-electron chi connectivity index (χ2n) is 5.86. The van der Waals surface area contributed by atoms with Gasteiger partial charge in [0, 0.05) is 18.0 Å². The minimum Gasteiger partial charge on any atom is -0.367 e. The molecule has 1 aliphatic carbocycles. The highest BCUT2D eigenvalue weighted by atomic mass is 35.5. The van der Waals surface area contributed by atoms with Crippen molar-refractivity contribution >= 4 is 17.4 Å². The van der Waals surface area contributed by atoms with Gasteiger partial charge < -0.3 is 5.32 Å². The third-order valence-corrected chi connectivity index (χ3v) is 4.20. The molecule has 0 atom stereocenters. The Bertz CT molecular complexity index is 412. The average molecular weight is 282 g/mol. The maximum atomic E-state index is 6.07. The van der Waals surface area contributed by atoms with E-state index in [-0.39, 0.29) is 0 Å². The number of hydrogen-bond acceptors (Lipinski definition) is 3. The molecule has 4 heteroatoms. The zero-order valence-corrected chi connectivity index (χ0v) is 12.9. The van der Waals surface area contributed by atoms with Gasteiger partial charge in [0.2, 0.25) is 0 Å². The fraction of sp³-hybridized carbons (Fsp3) is 0.733. The summed E-state index contributed by atoms with van der Waals surface area (Å²) in [5.41, 5.74) is 0. The van der Waals surface area contributed by atoms with Crippen LogP contribution in [-0.4, -0.2) is 16.0 Å². The van der Waals surface area contributed by atoms with Gasteiger partial charge in [-0.25, -0.2) is 9.97 Å². The Morgan fingerprint density at radius 1 is 1.26 bits per heavy atom. The number of rotatable bonds is 4. The third-order valence-electron chi connectivity index (χ3n) is 4.00. The summed E-state index contributed by atoms with van der Waals surface area (Å²) in [6.07, 6.45) is 6.42. The van der Waals surface area contributed by atoms with Crippen LogP contribution in [0.4, 0.5) is 5.82 Å². The van der Waals surface area contributed by atoms with Crippen molar-refractivity contribution in [1.82, 2.24) is 9.97 Å². The molecule has 0 aromatic carbocycles. The first-order valence-corrected chi connectivity index (χ1v) is 7.77. The molecular weight excluding hydrogens is 258 g/mol. The molecule has 106 valence electrons. The van der Waals surface area contributed by atoms with Crippen LogP contribution in [0.3, 0.4) is 0 Å². The number of nitrogens with zero attached hydrogens (tertiary/aromatic N) is 2. The monoisotopic (exact) mass is 281 g/mol. The van der Waals surface area contributed by atoms with E-state index in [0.717, 1.165) is 17.6 Å². The number of nitrogens with one attached hydrogen (secondary N) is 1. The molecule has 1 aliphatic rings. The lowest BCUT2D eigenvalue weighted by molar-refractivity contribution is 0.330. The minimum absolute atomic E-state index is 0.301. The predicted octanol–water partition coefficient (Wildman–Crippen LogP) is 4.63. The molecule has 1 heterocycles. The second kappa shape index (κ2) is 6.56. The lowest BCUT2D eigenvalue weighted by Crippen LogP contribution is -2.26. The van der Waals surface area contributed by atoms with Gasteiger partial charge in [-0.15, -0.1) is 0 Å². The number of halogens is 1. The molecule has 0 aliphatic heterocycles. The van der Waals surface area contributed by atoms with E-state index in [9.17, 15) is 0 Å². The van der Waals surface area contributed by atoms with E-state index >= 15 is 0 Å². The van der Waals surface area contributed by atoms with Crippen LogP contribution in [0.25, 0.3) is 0 Å². The molecule has 2 rings (SSSR count). The Morgan fingerprint density at radius 3 is 2.53 bits per heavy atom. The SMILES string of the molecule is CCC1CCC(Nc2cc(Cl)nc(C(C)C)n2)CC1. The first-order valence-electron chi connectivity index (χ1n) is 7.39. The van der Waals surface area contributed by atoms with Gasteiger partial charge in [-0.2, -0.15) is 0 Å². The Kier molecular flexibility index (Phi) is 5.03. The zero-order chi connectivity index (χ0) is 13.8. The smallest absolute Gasteiger partial charge is 0.135 e. The van der Waals surface area contributed by atoms with E-state index in [1.165, 1.54) is 32.1 Å². The molecule has 1 aromatic heterocycles. The van der Waals surface area contributed by atoms with Crippen molar-refractivity contribution < 1.29 is 0 Å². The van der Waals surface area contributed by atoms with E-state index in [1.54, 1.807) is 0 Å². The molecule has 3 nitrogen and oxygen atoms in total. The van der Waals surface area contributed by atoms with Gasteiger partial charge in [0.05, 0.1) is 0 Å². The largest absolute Gasteiger partial charge is 0.367 e. The topological polar surface area (TPSA) is 37.8 Å². The first-order chi connectivity index (χ1) is 9.08. The summed E-state index contributed by atoms with van der Waals surface area (Å²) in [5, 5.41) is 4.06. The number of anilines is 1. The van der Waals surface area contributed by atoms with Crippen LogP contribution in [-0.2, 0) is 0 Å². The molecule has 1 fully saturated rings. The van der Waals surface area contributed by atoms with Crippen LogP contribution in [0.1, 0.15) is 64.6 Å². The summed E-state index contributed by atoms with van der Waals surface area (Å²) in [5.74, 6) is 2.91. The molecule has 1 aromatic rings. The molecule has 19 heavy (non-hydrogen) atoms. The van der Waals surface area contributed by atoms with Crippen molar-refractivity contribution in [2.45, 2.75) is 64.8 Å². The Balaban J connectivity index is 1.99. The summed E-state index contributed by atoms with van der Waals surface area (Å²) in [6.45, 7) is 6.46. The Hall–Kier alpha value is -0.830. The molecule has 1 N–H and O–H groups in total. The molecule has 0 radical (unpaired) electrons. The molecular formula is C15H24ClN3.